The lowest BCUT2D eigenvalue weighted by atomic mass is 10.2. The van der Waals surface area contributed by atoms with E-state index in [1.807, 2.05) is 12.1 Å². The number of ether oxygens (including phenoxy) is 1. The lowest BCUT2D eigenvalue weighted by Gasteiger charge is -2.11. The lowest BCUT2D eigenvalue weighted by Crippen LogP contribution is -2.29. The standard InChI is InChI=1S/C14H23BrN2O/c1-11(2)9-16-6-7-17-10-12-4-5-13(15)8-14(12)18-3/h4-5,8,11,16-17H,6-7,9-10H2,1-3H3. The van der Waals surface area contributed by atoms with Crippen LogP contribution < -0.4 is 15.4 Å². The lowest BCUT2D eigenvalue weighted by molar-refractivity contribution is 0.407. The van der Waals surface area contributed by atoms with Crippen molar-refractivity contribution in [2.45, 2.75) is 20.4 Å². The van der Waals surface area contributed by atoms with Crippen LogP contribution in [0.1, 0.15) is 19.4 Å². The Morgan fingerprint density at radius 2 is 1.94 bits per heavy atom. The maximum Gasteiger partial charge on any atom is 0.124 e. The fraction of sp³-hybridized carbons (Fsp3) is 0.571. The third kappa shape index (κ3) is 5.85. The van der Waals surface area contributed by atoms with E-state index in [1.165, 1.54) is 5.56 Å². The third-order valence-corrected chi connectivity index (χ3v) is 3.09. The fourth-order valence-corrected chi connectivity index (χ4v) is 2.00. The summed E-state index contributed by atoms with van der Waals surface area (Å²) in [5.74, 6) is 1.63. The number of nitrogens with one attached hydrogen (secondary N) is 2. The molecule has 0 atom stereocenters. The molecule has 1 aromatic carbocycles. The second kappa shape index (κ2) is 8.51. The monoisotopic (exact) mass is 314 g/mol. The summed E-state index contributed by atoms with van der Waals surface area (Å²) in [7, 11) is 1.70. The van der Waals surface area contributed by atoms with Gasteiger partial charge in [0.15, 0.2) is 0 Å². The van der Waals surface area contributed by atoms with E-state index in [0.717, 1.165) is 36.4 Å². The molecule has 3 nitrogen and oxygen atoms in total. The van der Waals surface area contributed by atoms with E-state index in [1.54, 1.807) is 7.11 Å². The van der Waals surface area contributed by atoms with Crippen molar-refractivity contribution in [2.24, 2.45) is 5.92 Å². The first-order valence-corrected chi connectivity index (χ1v) is 7.16. The van der Waals surface area contributed by atoms with Gasteiger partial charge >= 0.3 is 0 Å². The van der Waals surface area contributed by atoms with Gasteiger partial charge in [-0.1, -0.05) is 35.8 Å². The SMILES string of the molecule is COc1cc(Br)ccc1CNCCNCC(C)C. The minimum atomic E-state index is 0.705. The second-order valence-corrected chi connectivity index (χ2v) is 5.65. The van der Waals surface area contributed by atoms with Gasteiger partial charge in [-0.05, 0) is 24.6 Å². The molecule has 0 spiro atoms. The molecule has 2 N–H and O–H groups in total. The smallest absolute Gasteiger partial charge is 0.124 e. The predicted molar refractivity (Wildman–Crippen MR) is 80.1 cm³/mol. The van der Waals surface area contributed by atoms with E-state index < -0.39 is 0 Å². The minimum Gasteiger partial charge on any atom is -0.496 e. The van der Waals surface area contributed by atoms with Crippen LogP contribution in [0.4, 0.5) is 0 Å². The van der Waals surface area contributed by atoms with Crippen molar-refractivity contribution in [2.75, 3.05) is 26.7 Å². The van der Waals surface area contributed by atoms with E-state index in [0.29, 0.717) is 5.92 Å². The van der Waals surface area contributed by atoms with Gasteiger partial charge in [0.1, 0.15) is 5.75 Å². The zero-order valence-corrected chi connectivity index (χ0v) is 13.0. The van der Waals surface area contributed by atoms with Crippen molar-refractivity contribution in [3.63, 3.8) is 0 Å². The van der Waals surface area contributed by atoms with E-state index in [2.05, 4.69) is 46.5 Å². The Labute approximate surface area is 118 Å². The average molecular weight is 315 g/mol. The Kier molecular flexibility index (Phi) is 7.32. The summed E-state index contributed by atoms with van der Waals surface area (Å²) in [6, 6.07) is 6.11. The minimum absolute atomic E-state index is 0.705. The maximum absolute atomic E-state index is 5.35. The van der Waals surface area contributed by atoms with Crippen molar-refractivity contribution in [1.82, 2.24) is 10.6 Å². The molecule has 0 radical (unpaired) electrons. The molecule has 0 aliphatic rings. The van der Waals surface area contributed by atoms with E-state index in [4.69, 9.17) is 4.74 Å². The molecule has 0 aromatic heterocycles. The maximum atomic E-state index is 5.35. The highest BCUT2D eigenvalue weighted by Gasteiger charge is 2.02. The molecule has 0 bridgehead atoms. The topological polar surface area (TPSA) is 33.3 Å². The molecule has 0 unspecified atom stereocenters. The Morgan fingerprint density at radius 3 is 2.61 bits per heavy atom. The average Bonchev–Trinajstić information content (AvgIpc) is 2.34. The van der Waals surface area contributed by atoms with Gasteiger partial charge in [-0.3, -0.25) is 0 Å². The molecule has 18 heavy (non-hydrogen) atoms. The Balaban J connectivity index is 2.27. The van der Waals surface area contributed by atoms with Gasteiger partial charge in [0, 0.05) is 29.7 Å². The Hall–Kier alpha value is -0.580. The van der Waals surface area contributed by atoms with Crippen LogP contribution in [0.25, 0.3) is 0 Å². The normalized spacial score (nSPS) is 10.9. The molecule has 102 valence electrons. The van der Waals surface area contributed by atoms with Crippen molar-refractivity contribution in [3.05, 3.63) is 28.2 Å². The van der Waals surface area contributed by atoms with Crippen molar-refractivity contribution >= 4 is 15.9 Å². The summed E-state index contributed by atoms with van der Waals surface area (Å²) >= 11 is 3.44. The summed E-state index contributed by atoms with van der Waals surface area (Å²) in [5.41, 5.74) is 1.18. The van der Waals surface area contributed by atoms with Gasteiger partial charge in [-0.25, -0.2) is 0 Å². The first-order chi connectivity index (χ1) is 8.63. The number of hydrogen-bond donors (Lipinski definition) is 2. The van der Waals surface area contributed by atoms with Gasteiger partial charge in [0.25, 0.3) is 0 Å². The highest BCUT2D eigenvalue weighted by molar-refractivity contribution is 9.10. The summed E-state index contributed by atoms with van der Waals surface area (Å²) in [6.45, 7) is 8.30. The van der Waals surface area contributed by atoms with E-state index in [-0.39, 0.29) is 0 Å². The summed E-state index contributed by atoms with van der Waals surface area (Å²) < 4.78 is 6.39. The Bertz CT molecular complexity index is 356. The van der Waals surface area contributed by atoms with Gasteiger partial charge in [-0.15, -0.1) is 0 Å². The molecule has 0 aliphatic heterocycles. The van der Waals surface area contributed by atoms with Gasteiger partial charge in [0.2, 0.25) is 0 Å². The summed E-state index contributed by atoms with van der Waals surface area (Å²) in [6.07, 6.45) is 0. The molecule has 0 fully saturated rings. The second-order valence-electron chi connectivity index (χ2n) is 4.73. The molecule has 0 amide bonds. The van der Waals surface area contributed by atoms with Crippen molar-refractivity contribution in [1.29, 1.82) is 0 Å². The van der Waals surface area contributed by atoms with E-state index in [9.17, 15) is 0 Å². The Morgan fingerprint density at radius 1 is 1.22 bits per heavy atom. The first kappa shape index (κ1) is 15.5. The van der Waals surface area contributed by atoms with Crippen LogP contribution in [0, 0.1) is 5.92 Å². The number of halogens is 1. The molecule has 0 heterocycles. The van der Waals surface area contributed by atoms with Crippen molar-refractivity contribution < 1.29 is 4.74 Å². The number of rotatable bonds is 8. The molecular weight excluding hydrogens is 292 g/mol. The molecule has 4 heteroatoms. The van der Waals surface area contributed by atoms with Crippen LogP contribution in [0.15, 0.2) is 22.7 Å². The fourth-order valence-electron chi connectivity index (χ4n) is 1.66. The molecule has 0 saturated carbocycles. The quantitative estimate of drug-likeness (QED) is 0.724. The summed E-state index contributed by atoms with van der Waals surface area (Å²) in [5, 5.41) is 6.82. The third-order valence-electron chi connectivity index (χ3n) is 2.60. The molecule has 1 aromatic rings. The van der Waals surface area contributed by atoms with Crippen LogP contribution in [0.3, 0.4) is 0 Å². The van der Waals surface area contributed by atoms with E-state index >= 15 is 0 Å². The molecule has 0 saturated heterocycles. The predicted octanol–water partition coefficient (Wildman–Crippen LogP) is 2.79. The van der Waals surface area contributed by atoms with Crippen LogP contribution in [-0.2, 0) is 6.54 Å². The number of hydrogen-bond acceptors (Lipinski definition) is 3. The molecule has 0 aliphatic carbocycles. The van der Waals surface area contributed by atoms with Gasteiger partial charge in [-0.2, -0.15) is 0 Å². The number of methoxy groups -OCH3 is 1. The van der Waals surface area contributed by atoms with Crippen molar-refractivity contribution in [3.8, 4) is 5.75 Å². The summed E-state index contributed by atoms with van der Waals surface area (Å²) in [4.78, 5) is 0. The van der Waals surface area contributed by atoms with Crippen LogP contribution in [0.2, 0.25) is 0 Å². The number of benzene rings is 1. The largest absolute Gasteiger partial charge is 0.496 e. The van der Waals surface area contributed by atoms with Crippen LogP contribution >= 0.6 is 15.9 Å². The molecule has 1 rings (SSSR count). The zero-order valence-electron chi connectivity index (χ0n) is 11.4. The van der Waals surface area contributed by atoms with Crippen LogP contribution in [-0.4, -0.2) is 26.7 Å². The highest BCUT2D eigenvalue weighted by Crippen LogP contribution is 2.23. The van der Waals surface area contributed by atoms with Gasteiger partial charge < -0.3 is 15.4 Å². The van der Waals surface area contributed by atoms with Crippen LogP contribution in [0.5, 0.6) is 5.75 Å². The first-order valence-electron chi connectivity index (χ1n) is 6.37. The zero-order chi connectivity index (χ0) is 13.4. The highest BCUT2D eigenvalue weighted by atomic mass is 79.9. The van der Waals surface area contributed by atoms with Gasteiger partial charge in [0.05, 0.1) is 7.11 Å². The molecular formula is C14H23BrN2O.